The number of carbonyl (C=O) groups is 4. The van der Waals surface area contributed by atoms with Crippen LogP contribution in [0.1, 0.15) is 60.2 Å². The number of benzene rings is 1. The minimum atomic E-state index is -1.02. The van der Waals surface area contributed by atoms with E-state index in [0.717, 1.165) is 35.9 Å². The molecule has 3 aliphatic rings. The number of nitrogens with one attached hydrogen (secondary N) is 4. The summed E-state index contributed by atoms with van der Waals surface area (Å²) in [7, 11) is 3.43. The first-order chi connectivity index (χ1) is 25.6. The number of carbonyl (C=O) groups excluding carboxylic acids is 4. The highest BCUT2D eigenvalue weighted by atomic mass is 19.1. The van der Waals surface area contributed by atoms with Gasteiger partial charge in [-0.15, -0.1) is 0 Å². The molecule has 4 aromatic heterocycles. The number of rotatable bonds is 11. The zero-order chi connectivity index (χ0) is 37.0. The molecule has 5 aromatic rings. The fraction of sp³-hybridized carbons (Fsp3) is 0.429. The predicted molar refractivity (Wildman–Crippen MR) is 190 cm³/mol. The third-order valence-electron chi connectivity index (χ3n) is 10.3. The van der Waals surface area contributed by atoms with E-state index in [-0.39, 0.29) is 42.2 Å². The van der Waals surface area contributed by atoms with Gasteiger partial charge in [0.15, 0.2) is 11.3 Å². The van der Waals surface area contributed by atoms with Crippen molar-refractivity contribution in [1.82, 2.24) is 54.4 Å². The average molecular weight is 727 g/mol. The lowest BCUT2D eigenvalue weighted by Gasteiger charge is -2.39. The van der Waals surface area contributed by atoms with Crippen molar-refractivity contribution in [2.24, 2.45) is 7.05 Å². The minimum Gasteiger partial charge on any atom is -0.385 e. The number of nitrogens with zero attached hydrogens (tertiary/aromatic N) is 8. The van der Waals surface area contributed by atoms with Crippen LogP contribution in [0, 0.1) is 0 Å². The van der Waals surface area contributed by atoms with Gasteiger partial charge in [0, 0.05) is 58.3 Å². The van der Waals surface area contributed by atoms with Crippen LogP contribution in [0.5, 0.6) is 0 Å². The summed E-state index contributed by atoms with van der Waals surface area (Å²) in [4.78, 5) is 68.8. The number of hydrogen-bond donors (Lipinski definition) is 4. The Kier molecular flexibility index (Phi) is 8.66. The average Bonchev–Trinajstić information content (AvgIpc) is 3.44. The van der Waals surface area contributed by atoms with Crippen LogP contribution in [-0.2, 0) is 23.1 Å². The summed E-state index contributed by atoms with van der Waals surface area (Å²) < 4.78 is 19.7. The number of anilines is 1. The number of aromatic nitrogens is 7. The number of amides is 5. The van der Waals surface area contributed by atoms with Crippen LogP contribution in [0.25, 0.3) is 27.9 Å². The molecule has 1 saturated carbocycles. The first-order valence-electron chi connectivity index (χ1n) is 17.7. The highest BCUT2D eigenvalue weighted by Crippen LogP contribution is 2.29. The summed E-state index contributed by atoms with van der Waals surface area (Å²) >= 11 is 0. The number of aryl methyl sites for hydroxylation is 2. The van der Waals surface area contributed by atoms with Gasteiger partial charge in [-0.05, 0) is 49.4 Å². The maximum atomic E-state index is 13.4. The summed E-state index contributed by atoms with van der Waals surface area (Å²) in [6.45, 7) is 1.52. The molecule has 5 amide bonds. The molecule has 3 fully saturated rings. The summed E-state index contributed by atoms with van der Waals surface area (Å²) in [5.41, 5.74) is 4.76. The zero-order valence-corrected chi connectivity index (χ0v) is 29.2. The van der Waals surface area contributed by atoms with Gasteiger partial charge in [0.05, 0.1) is 46.9 Å². The van der Waals surface area contributed by atoms with Gasteiger partial charge < -0.3 is 20.9 Å². The lowest BCUT2D eigenvalue weighted by molar-refractivity contribution is -0.135. The molecule has 0 radical (unpaired) electrons. The number of imide groups is 1. The molecule has 2 aliphatic heterocycles. The van der Waals surface area contributed by atoms with Crippen molar-refractivity contribution in [1.29, 1.82) is 0 Å². The normalized spacial score (nSPS) is 20.1. The second-order valence-corrected chi connectivity index (χ2v) is 13.9. The third-order valence-corrected chi connectivity index (χ3v) is 10.3. The molecule has 4 N–H and O–H groups in total. The first kappa shape index (κ1) is 34.0. The Bertz CT molecular complexity index is 2340. The van der Waals surface area contributed by atoms with Gasteiger partial charge in [-0.2, -0.15) is 10.2 Å². The van der Waals surface area contributed by atoms with E-state index in [1.807, 2.05) is 35.1 Å². The summed E-state index contributed by atoms with van der Waals surface area (Å²) in [5, 5.41) is 20.3. The number of alkyl halides is 1. The van der Waals surface area contributed by atoms with E-state index >= 15 is 0 Å². The van der Waals surface area contributed by atoms with Crippen molar-refractivity contribution in [3.05, 3.63) is 64.6 Å². The monoisotopic (exact) mass is 726 g/mol. The number of hydrogen-bond acceptors (Lipinski definition) is 9. The van der Waals surface area contributed by atoms with Gasteiger partial charge in [0.2, 0.25) is 11.8 Å². The number of piperidine rings is 1. The molecular formula is C35H39FN12O5. The number of urea groups is 1. The molecule has 0 bridgehead atoms. The standard InChI is InChI=1S/C35H39FN12O5/c1-37-25-13-23(43-48-29(15-39-31(25)48)33(51)41-24-12-22(24)36)20-14-40-46(16-20)21-17-45(18-21)34(52)38-10-4-3-5-19-6-7-26-28(11-19)44(2)35(53)47(26)27-8-9-30(49)42-32(27)50/h6-7,11,13-16,21-22,24,27,37H,3-5,8-10,12,17-18H2,1-2H3,(H,38,52)(H,41,51)(H,42,49,50)/t22-,24+,27?/m0/s1. The molecular weight excluding hydrogens is 687 g/mol. The molecule has 17 nitrogen and oxygen atoms in total. The van der Waals surface area contributed by atoms with Crippen molar-refractivity contribution < 1.29 is 23.6 Å². The van der Waals surface area contributed by atoms with Crippen molar-refractivity contribution in [2.45, 2.75) is 62.8 Å². The third kappa shape index (κ3) is 6.37. The van der Waals surface area contributed by atoms with E-state index in [2.05, 4.69) is 36.4 Å². The van der Waals surface area contributed by atoms with Crippen LogP contribution in [0.2, 0.25) is 0 Å². The molecule has 276 valence electrons. The maximum Gasteiger partial charge on any atom is 0.329 e. The fourth-order valence-corrected chi connectivity index (χ4v) is 7.02. The Morgan fingerprint density at radius 1 is 1.08 bits per heavy atom. The van der Waals surface area contributed by atoms with E-state index in [1.54, 1.807) is 25.2 Å². The van der Waals surface area contributed by atoms with Crippen LogP contribution in [0.3, 0.4) is 0 Å². The fourth-order valence-electron chi connectivity index (χ4n) is 7.02. The Morgan fingerprint density at radius 3 is 2.64 bits per heavy atom. The van der Waals surface area contributed by atoms with Gasteiger partial charge in [0.1, 0.15) is 12.2 Å². The van der Waals surface area contributed by atoms with Crippen molar-refractivity contribution in [3.8, 4) is 11.3 Å². The largest absolute Gasteiger partial charge is 0.385 e. The van der Waals surface area contributed by atoms with Crippen LogP contribution in [0.15, 0.2) is 47.7 Å². The van der Waals surface area contributed by atoms with Crippen LogP contribution in [-0.4, -0.2) is 101 Å². The van der Waals surface area contributed by atoms with E-state index in [4.69, 9.17) is 0 Å². The molecule has 1 aliphatic carbocycles. The Morgan fingerprint density at radius 2 is 1.89 bits per heavy atom. The van der Waals surface area contributed by atoms with E-state index in [9.17, 15) is 28.4 Å². The second kappa shape index (κ2) is 13.5. The van der Waals surface area contributed by atoms with Gasteiger partial charge >= 0.3 is 11.7 Å². The Labute approximate surface area is 301 Å². The Balaban J connectivity index is 0.822. The molecule has 6 heterocycles. The number of unbranched alkanes of at least 4 members (excludes halogenated alkanes) is 1. The number of imidazole rings is 2. The Hall–Kier alpha value is -6.07. The van der Waals surface area contributed by atoms with Crippen LogP contribution in [0.4, 0.5) is 14.9 Å². The van der Waals surface area contributed by atoms with Gasteiger partial charge in [-0.25, -0.2) is 23.5 Å². The molecule has 53 heavy (non-hydrogen) atoms. The smallest absolute Gasteiger partial charge is 0.329 e. The first-order valence-corrected chi connectivity index (χ1v) is 17.7. The van der Waals surface area contributed by atoms with Crippen LogP contribution >= 0.6 is 0 Å². The van der Waals surface area contributed by atoms with E-state index in [0.29, 0.717) is 48.6 Å². The molecule has 1 aromatic carbocycles. The second-order valence-electron chi connectivity index (χ2n) is 13.9. The van der Waals surface area contributed by atoms with Crippen LogP contribution < -0.4 is 27.0 Å². The van der Waals surface area contributed by atoms with Crippen molar-refractivity contribution >= 4 is 46.1 Å². The topological polar surface area (TPSA) is 195 Å². The van der Waals surface area contributed by atoms with E-state index in [1.165, 1.54) is 19.8 Å². The van der Waals surface area contributed by atoms with Gasteiger partial charge in [0.25, 0.3) is 5.91 Å². The SMILES string of the molecule is CNc1cc(-c2cnn(C3CN(C(=O)NCCCCc4ccc5c(c4)n(C)c(=O)n5C4CCC(=O)NC4=O)C3)c2)nn2c(C(=O)N[C@@H]3C[C@@H]3F)cnc12. The van der Waals surface area contributed by atoms with Gasteiger partial charge in [-0.3, -0.25) is 33.5 Å². The molecule has 8 rings (SSSR count). The maximum absolute atomic E-state index is 13.4. The molecule has 18 heteroatoms. The van der Waals surface area contributed by atoms with Gasteiger partial charge in [-0.1, -0.05) is 6.07 Å². The highest BCUT2D eigenvalue weighted by Gasteiger charge is 2.39. The lowest BCUT2D eigenvalue weighted by Crippen LogP contribution is -2.54. The van der Waals surface area contributed by atoms with Crippen molar-refractivity contribution in [2.75, 3.05) is 32.0 Å². The number of likely N-dealkylation sites (tertiary alicyclic amines) is 1. The lowest BCUT2D eigenvalue weighted by atomic mass is 10.0. The molecule has 3 atom stereocenters. The number of fused-ring (bicyclic) bond motifs is 2. The highest BCUT2D eigenvalue weighted by molar-refractivity contribution is 6.00. The molecule has 0 spiro atoms. The minimum absolute atomic E-state index is 0.000456. The van der Waals surface area contributed by atoms with E-state index < -0.39 is 30.1 Å². The summed E-state index contributed by atoms with van der Waals surface area (Å²) in [6, 6.07) is 6.24. The molecule has 2 saturated heterocycles. The molecule has 1 unspecified atom stereocenters. The summed E-state index contributed by atoms with van der Waals surface area (Å²) in [5.74, 6) is -1.22. The predicted octanol–water partition coefficient (Wildman–Crippen LogP) is 1.70. The van der Waals surface area contributed by atoms with Crippen molar-refractivity contribution in [3.63, 3.8) is 0 Å². The summed E-state index contributed by atoms with van der Waals surface area (Å²) in [6.07, 6.45) is 7.08. The zero-order valence-electron chi connectivity index (χ0n) is 29.2. The quantitative estimate of drug-likeness (QED) is 0.116. The number of halogens is 1.